The van der Waals surface area contributed by atoms with Gasteiger partial charge in [-0.15, -0.1) is 0 Å². The van der Waals surface area contributed by atoms with Gasteiger partial charge in [-0.3, -0.25) is 0 Å². The molecule has 0 bridgehead atoms. The molecule has 1 aliphatic heterocycles. The van der Waals surface area contributed by atoms with E-state index in [1.54, 1.807) is 6.20 Å². The number of rotatable bonds is 8. The van der Waals surface area contributed by atoms with Gasteiger partial charge in [-0.05, 0) is 64.4 Å². The first-order valence-corrected chi connectivity index (χ1v) is 12.6. The Bertz CT molecular complexity index is 1130. The van der Waals surface area contributed by atoms with Crippen molar-refractivity contribution >= 4 is 16.7 Å². The van der Waals surface area contributed by atoms with Crippen molar-refractivity contribution in [1.82, 2.24) is 19.7 Å². The highest BCUT2D eigenvalue weighted by Gasteiger charge is 2.41. The topological polar surface area (TPSA) is 37.2 Å². The second kappa shape index (κ2) is 10.6. The molecule has 0 atom stereocenters. The van der Waals surface area contributed by atoms with Crippen LogP contribution in [0.15, 0.2) is 36.5 Å². The van der Waals surface area contributed by atoms with E-state index in [-0.39, 0.29) is 18.9 Å². The number of fused-ring (bicyclic) bond motifs is 1. The fourth-order valence-electron chi connectivity index (χ4n) is 4.88. The van der Waals surface area contributed by atoms with Gasteiger partial charge >= 0.3 is 6.18 Å². The molecule has 2 aromatic heterocycles. The summed E-state index contributed by atoms with van der Waals surface area (Å²) in [4.78, 5) is 9.38. The highest BCUT2D eigenvalue weighted by molar-refractivity contribution is 5.92. The number of benzene rings is 1. The molecule has 0 N–H and O–H groups in total. The van der Waals surface area contributed by atoms with Crippen LogP contribution in [0.4, 0.5) is 18.9 Å². The van der Waals surface area contributed by atoms with E-state index < -0.39 is 12.1 Å². The quantitative estimate of drug-likeness (QED) is 0.355. The molecule has 0 saturated carbocycles. The molecule has 3 aromatic rings. The highest BCUT2D eigenvalue weighted by Crippen LogP contribution is 2.38. The van der Waals surface area contributed by atoms with E-state index >= 15 is 0 Å². The molecule has 0 amide bonds. The van der Waals surface area contributed by atoms with E-state index in [0.717, 1.165) is 41.1 Å². The minimum absolute atomic E-state index is 0.112. The third-order valence-corrected chi connectivity index (χ3v) is 6.90. The number of halogens is 3. The zero-order chi connectivity index (χ0) is 25.2. The number of hydrogen-bond acceptors (Lipinski definition) is 4. The molecular weight excluding hydrogens is 451 g/mol. The number of hydrogen-bond donors (Lipinski definition) is 0. The molecule has 8 heteroatoms. The lowest BCUT2D eigenvalue weighted by atomic mass is 9.95. The van der Waals surface area contributed by atoms with Gasteiger partial charge in [-0.25, -0.2) is 9.67 Å². The zero-order valence-corrected chi connectivity index (χ0v) is 21.1. The summed E-state index contributed by atoms with van der Waals surface area (Å²) in [5.74, 6) is -1.23. The summed E-state index contributed by atoms with van der Waals surface area (Å²) < 4.78 is 41.7. The monoisotopic (exact) mass is 487 g/mol. The Labute approximate surface area is 205 Å². The maximum Gasteiger partial charge on any atom is 0.391 e. The Morgan fingerprint density at radius 2 is 1.89 bits per heavy atom. The summed E-state index contributed by atoms with van der Waals surface area (Å²) in [5.41, 5.74) is 4.74. The van der Waals surface area contributed by atoms with Crippen molar-refractivity contribution in [2.45, 2.75) is 65.2 Å². The van der Waals surface area contributed by atoms with Crippen molar-refractivity contribution in [3.63, 3.8) is 0 Å². The molecule has 1 aliphatic rings. The van der Waals surface area contributed by atoms with Gasteiger partial charge < -0.3 is 9.80 Å². The summed E-state index contributed by atoms with van der Waals surface area (Å²) in [6, 6.07) is 10.6. The second-order valence-electron chi connectivity index (χ2n) is 10.0. The SMILES string of the molecule is CCCCN(C)Cc1cccc(-c2cc(N3CCC(C(F)(F)F)CC3)c3cnn(C(C)C)c3n2)c1. The van der Waals surface area contributed by atoms with Crippen LogP contribution in [0, 0.1) is 5.92 Å². The minimum atomic E-state index is -4.13. The van der Waals surface area contributed by atoms with Crippen molar-refractivity contribution in [3.8, 4) is 11.3 Å². The Morgan fingerprint density at radius 3 is 2.54 bits per heavy atom. The fourth-order valence-corrected chi connectivity index (χ4v) is 4.88. The van der Waals surface area contributed by atoms with Crippen LogP contribution < -0.4 is 4.90 Å². The summed E-state index contributed by atoms with van der Waals surface area (Å²) >= 11 is 0. The number of nitrogens with zero attached hydrogens (tertiary/aromatic N) is 5. The third-order valence-electron chi connectivity index (χ3n) is 6.90. The van der Waals surface area contributed by atoms with Crippen LogP contribution in [-0.4, -0.2) is 52.5 Å². The van der Waals surface area contributed by atoms with Crippen molar-refractivity contribution < 1.29 is 13.2 Å². The van der Waals surface area contributed by atoms with Crippen LogP contribution in [0.3, 0.4) is 0 Å². The average molecular weight is 488 g/mol. The van der Waals surface area contributed by atoms with Crippen LogP contribution in [0.1, 0.15) is 58.1 Å². The molecule has 4 rings (SSSR count). The number of anilines is 1. The predicted octanol–water partition coefficient (Wildman–Crippen LogP) is 6.69. The number of aromatic nitrogens is 3. The van der Waals surface area contributed by atoms with Crippen molar-refractivity contribution in [1.29, 1.82) is 0 Å². The molecule has 1 fully saturated rings. The summed E-state index contributed by atoms with van der Waals surface area (Å²) in [6.45, 7) is 8.97. The summed E-state index contributed by atoms with van der Waals surface area (Å²) in [7, 11) is 2.14. The molecule has 3 heterocycles. The first-order valence-electron chi connectivity index (χ1n) is 12.6. The molecule has 0 radical (unpaired) electrons. The zero-order valence-electron chi connectivity index (χ0n) is 21.1. The molecule has 1 aromatic carbocycles. The minimum Gasteiger partial charge on any atom is -0.371 e. The Kier molecular flexibility index (Phi) is 7.69. The van der Waals surface area contributed by atoms with Gasteiger partial charge in [-0.1, -0.05) is 31.5 Å². The second-order valence-corrected chi connectivity index (χ2v) is 10.0. The number of unbranched alkanes of at least 4 members (excludes halogenated alkanes) is 1. The Balaban J connectivity index is 1.69. The van der Waals surface area contributed by atoms with E-state index in [1.165, 1.54) is 18.4 Å². The molecule has 1 saturated heterocycles. The maximum absolute atomic E-state index is 13.3. The van der Waals surface area contributed by atoms with Crippen molar-refractivity contribution in [3.05, 3.63) is 42.1 Å². The molecule has 0 aliphatic carbocycles. The molecule has 35 heavy (non-hydrogen) atoms. The van der Waals surface area contributed by atoms with Crippen LogP contribution in [-0.2, 0) is 6.54 Å². The lowest BCUT2D eigenvalue weighted by Gasteiger charge is -2.34. The Hall–Kier alpha value is -2.61. The van der Waals surface area contributed by atoms with Gasteiger partial charge in [0.25, 0.3) is 0 Å². The third kappa shape index (κ3) is 5.80. The van der Waals surface area contributed by atoms with E-state index in [4.69, 9.17) is 4.98 Å². The van der Waals surface area contributed by atoms with E-state index in [9.17, 15) is 13.2 Å². The van der Waals surface area contributed by atoms with Gasteiger partial charge in [0, 0.05) is 31.2 Å². The van der Waals surface area contributed by atoms with Gasteiger partial charge in [0.1, 0.15) is 0 Å². The molecule has 0 unspecified atom stereocenters. The highest BCUT2D eigenvalue weighted by atomic mass is 19.4. The lowest BCUT2D eigenvalue weighted by Crippen LogP contribution is -2.39. The first kappa shape index (κ1) is 25.5. The molecule has 5 nitrogen and oxygen atoms in total. The van der Waals surface area contributed by atoms with Crippen LogP contribution in [0.5, 0.6) is 0 Å². The van der Waals surface area contributed by atoms with Crippen molar-refractivity contribution in [2.75, 3.05) is 31.6 Å². The lowest BCUT2D eigenvalue weighted by molar-refractivity contribution is -0.179. The smallest absolute Gasteiger partial charge is 0.371 e. The van der Waals surface area contributed by atoms with Crippen molar-refractivity contribution in [2.24, 2.45) is 5.92 Å². The first-order chi connectivity index (χ1) is 16.7. The van der Waals surface area contributed by atoms with E-state index in [2.05, 4.69) is 67.0 Å². The molecular formula is C27H36F3N5. The number of alkyl halides is 3. The summed E-state index contributed by atoms with van der Waals surface area (Å²) in [6.07, 6.45) is 0.235. The number of pyridine rings is 1. The normalized spacial score (nSPS) is 15.6. The van der Waals surface area contributed by atoms with Gasteiger partial charge in [0.05, 0.1) is 28.9 Å². The maximum atomic E-state index is 13.3. The van der Waals surface area contributed by atoms with E-state index in [1.807, 2.05) is 10.7 Å². The van der Waals surface area contributed by atoms with Crippen LogP contribution in [0.25, 0.3) is 22.3 Å². The summed E-state index contributed by atoms with van der Waals surface area (Å²) in [5, 5.41) is 5.46. The Morgan fingerprint density at radius 1 is 1.14 bits per heavy atom. The van der Waals surface area contributed by atoms with Crippen LogP contribution in [0.2, 0.25) is 0 Å². The average Bonchev–Trinajstić information content (AvgIpc) is 3.26. The van der Waals surface area contributed by atoms with E-state index in [0.29, 0.717) is 13.1 Å². The number of piperidine rings is 1. The standard InChI is InChI=1S/C27H36F3N5/c1-5-6-12-33(4)18-20-8-7-9-21(15-20)24-16-25(23-17-31-35(19(2)3)26(23)32-24)34-13-10-22(11-14-34)27(28,29)30/h7-9,15-17,19,22H,5-6,10-14,18H2,1-4H3. The van der Waals surface area contributed by atoms with Gasteiger partial charge in [0.2, 0.25) is 0 Å². The van der Waals surface area contributed by atoms with Crippen LogP contribution >= 0.6 is 0 Å². The van der Waals surface area contributed by atoms with Gasteiger partial charge in [-0.2, -0.15) is 18.3 Å². The predicted molar refractivity (Wildman–Crippen MR) is 136 cm³/mol. The molecule has 0 spiro atoms. The largest absolute Gasteiger partial charge is 0.391 e. The van der Waals surface area contributed by atoms with Gasteiger partial charge in [0.15, 0.2) is 5.65 Å². The molecule has 190 valence electrons. The fraction of sp³-hybridized carbons (Fsp3) is 0.556.